The zero-order valence-electron chi connectivity index (χ0n) is 11.7. The summed E-state index contributed by atoms with van der Waals surface area (Å²) in [5.74, 6) is 0.107. The van der Waals surface area contributed by atoms with Gasteiger partial charge < -0.3 is 10.6 Å². The minimum absolute atomic E-state index is 0.107. The number of nitrogen functional groups attached to an aromatic ring is 1. The molecule has 1 aromatic rings. The number of hydrogen-bond acceptors (Lipinski definition) is 2. The van der Waals surface area contributed by atoms with Gasteiger partial charge in [-0.25, -0.2) is 0 Å². The number of nitrogens with zero attached hydrogens (tertiary/aromatic N) is 1. The summed E-state index contributed by atoms with van der Waals surface area (Å²) in [7, 11) is 0. The van der Waals surface area contributed by atoms with Gasteiger partial charge in [0.15, 0.2) is 0 Å². The maximum atomic E-state index is 7.69. The molecule has 1 aromatic carbocycles. The van der Waals surface area contributed by atoms with Crippen LogP contribution in [0.25, 0.3) is 0 Å². The Morgan fingerprint density at radius 2 is 2.05 bits per heavy atom. The van der Waals surface area contributed by atoms with Crippen LogP contribution in [-0.4, -0.2) is 18.9 Å². The minimum atomic E-state index is 0.107. The van der Waals surface area contributed by atoms with E-state index in [1.165, 1.54) is 19.3 Å². The Balaban J connectivity index is 2.24. The average Bonchev–Trinajstić information content (AvgIpc) is 2.39. The lowest BCUT2D eigenvalue weighted by atomic mass is 9.78. The highest BCUT2D eigenvalue weighted by Crippen LogP contribution is 2.37. The van der Waals surface area contributed by atoms with Crippen LogP contribution in [0, 0.1) is 10.8 Å². The van der Waals surface area contributed by atoms with Gasteiger partial charge >= 0.3 is 0 Å². The molecule has 4 heteroatoms. The number of benzene rings is 1. The monoisotopic (exact) mass is 279 g/mol. The van der Waals surface area contributed by atoms with Gasteiger partial charge in [0.1, 0.15) is 5.84 Å². The van der Waals surface area contributed by atoms with Gasteiger partial charge in [-0.05, 0) is 36.5 Å². The molecule has 0 aromatic heterocycles. The Kier molecular flexibility index (Phi) is 4.04. The molecule has 1 saturated heterocycles. The van der Waals surface area contributed by atoms with Crippen LogP contribution in [0.4, 0.5) is 5.69 Å². The zero-order chi connectivity index (χ0) is 14.0. The largest absolute Gasteiger partial charge is 0.384 e. The molecule has 0 atom stereocenters. The van der Waals surface area contributed by atoms with E-state index in [1.54, 1.807) is 6.07 Å². The zero-order valence-corrected chi connectivity index (χ0v) is 12.4. The summed E-state index contributed by atoms with van der Waals surface area (Å²) in [6, 6.07) is 5.56. The predicted molar refractivity (Wildman–Crippen MR) is 82.3 cm³/mol. The molecule has 2 rings (SSSR count). The van der Waals surface area contributed by atoms with E-state index in [1.807, 2.05) is 12.1 Å². The lowest BCUT2D eigenvalue weighted by Crippen LogP contribution is -2.39. The summed E-state index contributed by atoms with van der Waals surface area (Å²) in [5, 5.41) is 8.39. The van der Waals surface area contributed by atoms with Crippen molar-refractivity contribution in [1.29, 1.82) is 5.41 Å². The second kappa shape index (κ2) is 5.41. The van der Waals surface area contributed by atoms with Crippen molar-refractivity contribution in [2.45, 2.75) is 33.1 Å². The summed E-state index contributed by atoms with van der Waals surface area (Å²) in [5.41, 5.74) is 7.89. The Morgan fingerprint density at radius 1 is 1.42 bits per heavy atom. The molecule has 1 aliphatic heterocycles. The maximum Gasteiger partial charge on any atom is 0.124 e. The van der Waals surface area contributed by atoms with Gasteiger partial charge in [0.25, 0.3) is 0 Å². The van der Waals surface area contributed by atoms with E-state index in [0.717, 1.165) is 24.3 Å². The second-order valence-corrected chi connectivity index (χ2v) is 6.16. The van der Waals surface area contributed by atoms with Crippen molar-refractivity contribution in [3.63, 3.8) is 0 Å². The van der Waals surface area contributed by atoms with Gasteiger partial charge in [-0.1, -0.05) is 31.9 Å². The summed E-state index contributed by atoms with van der Waals surface area (Å²) >= 11 is 6.09. The number of anilines is 1. The van der Waals surface area contributed by atoms with E-state index in [2.05, 4.69) is 18.7 Å². The summed E-state index contributed by atoms with van der Waals surface area (Å²) < 4.78 is 0. The van der Waals surface area contributed by atoms with Crippen LogP contribution in [0.1, 0.15) is 38.7 Å². The minimum Gasteiger partial charge on any atom is -0.384 e. The molecule has 0 saturated carbocycles. The molecule has 0 unspecified atom stereocenters. The van der Waals surface area contributed by atoms with Crippen LogP contribution in [0.15, 0.2) is 18.2 Å². The highest BCUT2D eigenvalue weighted by molar-refractivity contribution is 6.31. The predicted octanol–water partition coefficient (Wildman–Crippen LogP) is 3.64. The van der Waals surface area contributed by atoms with Gasteiger partial charge in [-0.3, -0.25) is 5.41 Å². The molecule has 3 nitrogen and oxygen atoms in total. The number of nitrogens with one attached hydrogen (secondary N) is 1. The average molecular weight is 280 g/mol. The number of amidine groups is 1. The first-order chi connectivity index (χ1) is 8.95. The maximum absolute atomic E-state index is 7.69. The summed E-state index contributed by atoms with van der Waals surface area (Å²) in [6.45, 7) is 6.63. The molecule has 3 N–H and O–H groups in total. The third-order valence-corrected chi connectivity index (χ3v) is 4.65. The summed E-state index contributed by atoms with van der Waals surface area (Å²) in [6.07, 6.45) is 3.57. The Morgan fingerprint density at radius 3 is 2.58 bits per heavy atom. The molecule has 0 bridgehead atoms. The molecule has 0 radical (unpaired) electrons. The third-order valence-electron chi connectivity index (χ3n) is 4.41. The smallest absolute Gasteiger partial charge is 0.124 e. The van der Waals surface area contributed by atoms with E-state index in [4.69, 9.17) is 22.7 Å². The fraction of sp³-hybridized carbons (Fsp3) is 0.533. The number of piperidine rings is 1. The van der Waals surface area contributed by atoms with Crippen LogP contribution >= 0.6 is 11.6 Å². The van der Waals surface area contributed by atoms with Crippen LogP contribution < -0.4 is 10.6 Å². The fourth-order valence-electron chi connectivity index (χ4n) is 2.64. The Bertz CT molecular complexity index is 476. The lowest BCUT2D eigenvalue weighted by molar-refractivity contribution is 0.238. The van der Waals surface area contributed by atoms with Crippen molar-refractivity contribution in [1.82, 2.24) is 0 Å². The van der Waals surface area contributed by atoms with E-state index < -0.39 is 0 Å². The van der Waals surface area contributed by atoms with E-state index in [-0.39, 0.29) is 5.84 Å². The molecule has 1 aliphatic rings. The van der Waals surface area contributed by atoms with Gasteiger partial charge in [-0.15, -0.1) is 0 Å². The SMILES string of the molecule is CCC1(C)CCN(c2cc(Cl)ccc2C(=N)N)CC1. The topological polar surface area (TPSA) is 53.1 Å². The molecule has 0 spiro atoms. The van der Waals surface area contributed by atoms with Gasteiger partial charge in [0.05, 0.1) is 0 Å². The quantitative estimate of drug-likeness (QED) is 0.656. The Labute approximate surface area is 120 Å². The van der Waals surface area contributed by atoms with Crippen molar-refractivity contribution >= 4 is 23.1 Å². The van der Waals surface area contributed by atoms with Crippen molar-refractivity contribution < 1.29 is 0 Å². The van der Waals surface area contributed by atoms with Gasteiger partial charge in [0.2, 0.25) is 0 Å². The van der Waals surface area contributed by atoms with Crippen LogP contribution in [0.5, 0.6) is 0 Å². The molecule has 1 fully saturated rings. The van der Waals surface area contributed by atoms with Crippen LogP contribution in [0.2, 0.25) is 5.02 Å². The van der Waals surface area contributed by atoms with E-state index in [0.29, 0.717) is 10.4 Å². The van der Waals surface area contributed by atoms with Crippen LogP contribution in [0.3, 0.4) is 0 Å². The first-order valence-corrected chi connectivity index (χ1v) is 7.22. The molecule has 104 valence electrons. The van der Waals surface area contributed by atoms with Crippen molar-refractivity contribution in [2.24, 2.45) is 11.1 Å². The second-order valence-electron chi connectivity index (χ2n) is 5.73. The first kappa shape index (κ1) is 14.2. The fourth-order valence-corrected chi connectivity index (χ4v) is 2.80. The normalized spacial score (nSPS) is 18.4. The molecular weight excluding hydrogens is 258 g/mol. The Hall–Kier alpha value is -1.22. The number of hydrogen-bond donors (Lipinski definition) is 2. The molecule has 0 amide bonds. The first-order valence-electron chi connectivity index (χ1n) is 6.84. The van der Waals surface area contributed by atoms with E-state index >= 15 is 0 Å². The van der Waals surface area contributed by atoms with E-state index in [9.17, 15) is 0 Å². The number of rotatable bonds is 3. The number of halogens is 1. The molecular formula is C15H22ClN3. The standard InChI is InChI=1S/C15H22ClN3/c1-3-15(2)6-8-19(9-7-15)13-10-11(16)4-5-12(13)14(17)18/h4-5,10H,3,6-9H2,1-2H3,(H3,17,18). The van der Waals surface area contributed by atoms with Gasteiger partial charge in [-0.2, -0.15) is 0 Å². The molecule has 19 heavy (non-hydrogen) atoms. The highest BCUT2D eigenvalue weighted by atomic mass is 35.5. The van der Waals surface area contributed by atoms with Crippen molar-refractivity contribution in [3.05, 3.63) is 28.8 Å². The highest BCUT2D eigenvalue weighted by Gasteiger charge is 2.29. The lowest BCUT2D eigenvalue weighted by Gasteiger charge is -2.40. The van der Waals surface area contributed by atoms with Gasteiger partial charge in [0, 0.05) is 29.4 Å². The summed E-state index contributed by atoms with van der Waals surface area (Å²) in [4.78, 5) is 2.31. The van der Waals surface area contributed by atoms with Crippen molar-refractivity contribution in [2.75, 3.05) is 18.0 Å². The molecule has 1 heterocycles. The third kappa shape index (κ3) is 3.03. The van der Waals surface area contributed by atoms with Crippen molar-refractivity contribution in [3.8, 4) is 0 Å². The van der Waals surface area contributed by atoms with Crippen LogP contribution in [-0.2, 0) is 0 Å². The number of nitrogens with two attached hydrogens (primary N) is 1. The molecule has 0 aliphatic carbocycles.